The first-order valence-corrected chi connectivity index (χ1v) is 6.22. The van der Waals surface area contributed by atoms with Crippen molar-refractivity contribution < 1.29 is 19.5 Å². The molecule has 1 rings (SSSR count). The zero-order chi connectivity index (χ0) is 14.4. The number of nitrogens with one attached hydrogen (secondary N) is 1. The SMILES string of the molecule is CNC(=O)CN(C)C(=O)c1ccc(/C=C/C(=O)O)s1. The summed E-state index contributed by atoms with van der Waals surface area (Å²) in [6.45, 7) is -0.0203. The van der Waals surface area contributed by atoms with E-state index < -0.39 is 5.97 Å². The number of carbonyl (C=O) groups is 3. The highest BCUT2D eigenvalue weighted by molar-refractivity contribution is 7.14. The van der Waals surface area contributed by atoms with Gasteiger partial charge in [-0.1, -0.05) is 0 Å². The van der Waals surface area contributed by atoms with Gasteiger partial charge in [-0.3, -0.25) is 9.59 Å². The van der Waals surface area contributed by atoms with Crippen LogP contribution in [0.15, 0.2) is 18.2 Å². The average Bonchev–Trinajstić information content (AvgIpc) is 2.83. The minimum atomic E-state index is -1.04. The summed E-state index contributed by atoms with van der Waals surface area (Å²) >= 11 is 1.17. The first-order valence-electron chi connectivity index (χ1n) is 5.41. The second kappa shape index (κ2) is 6.69. The third-order valence-electron chi connectivity index (χ3n) is 2.23. The number of carboxylic acids is 1. The van der Waals surface area contributed by atoms with E-state index in [0.29, 0.717) is 9.75 Å². The second-order valence-electron chi connectivity index (χ2n) is 3.71. The molecular weight excluding hydrogens is 268 g/mol. The molecule has 2 amide bonds. The molecule has 0 aliphatic rings. The highest BCUT2D eigenvalue weighted by atomic mass is 32.1. The van der Waals surface area contributed by atoms with Gasteiger partial charge in [-0.2, -0.15) is 0 Å². The van der Waals surface area contributed by atoms with Crippen LogP contribution < -0.4 is 5.32 Å². The summed E-state index contributed by atoms with van der Waals surface area (Å²) in [5, 5.41) is 10.9. The van der Waals surface area contributed by atoms with Gasteiger partial charge in [-0.15, -0.1) is 11.3 Å². The van der Waals surface area contributed by atoms with Crippen LogP contribution in [-0.2, 0) is 9.59 Å². The van der Waals surface area contributed by atoms with Crippen LogP contribution >= 0.6 is 11.3 Å². The molecule has 0 unspecified atom stereocenters. The van der Waals surface area contributed by atoms with Crippen LogP contribution in [0.2, 0.25) is 0 Å². The fourth-order valence-corrected chi connectivity index (χ4v) is 2.17. The van der Waals surface area contributed by atoms with Gasteiger partial charge in [-0.25, -0.2) is 4.79 Å². The number of hydrogen-bond acceptors (Lipinski definition) is 4. The van der Waals surface area contributed by atoms with Gasteiger partial charge in [0.05, 0.1) is 11.4 Å². The average molecular weight is 282 g/mol. The van der Waals surface area contributed by atoms with E-state index in [-0.39, 0.29) is 18.4 Å². The number of amides is 2. The van der Waals surface area contributed by atoms with Crippen LogP contribution in [0.25, 0.3) is 6.08 Å². The van der Waals surface area contributed by atoms with Crippen LogP contribution in [0.5, 0.6) is 0 Å². The van der Waals surface area contributed by atoms with Crippen molar-refractivity contribution in [3.05, 3.63) is 28.0 Å². The summed E-state index contributed by atoms with van der Waals surface area (Å²) in [7, 11) is 3.03. The zero-order valence-corrected chi connectivity index (χ0v) is 11.4. The predicted molar refractivity (Wildman–Crippen MR) is 72.0 cm³/mol. The van der Waals surface area contributed by atoms with Gasteiger partial charge in [0.1, 0.15) is 0 Å². The Morgan fingerprint density at radius 1 is 1.42 bits per heavy atom. The van der Waals surface area contributed by atoms with Crippen molar-refractivity contribution in [1.82, 2.24) is 10.2 Å². The van der Waals surface area contributed by atoms with Crippen LogP contribution in [0.4, 0.5) is 0 Å². The van der Waals surface area contributed by atoms with Gasteiger partial charge in [0.15, 0.2) is 0 Å². The first-order chi connectivity index (χ1) is 8.93. The largest absolute Gasteiger partial charge is 0.478 e. The molecule has 0 atom stereocenters. The molecule has 1 heterocycles. The van der Waals surface area contributed by atoms with Gasteiger partial charge in [0, 0.05) is 25.0 Å². The minimum absolute atomic E-state index is 0.0203. The number of thiophene rings is 1. The van der Waals surface area contributed by atoms with Crippen molar-refractivity contribution in [2.45, 2.75) is 0 Å². The fourth-order valence-electron chi connectivity index (χ4n) is 1.27. The highest BCUT2D eigenvalue weighted by Gasteiger charge is 2.15. The van der Waals surface area contributed by atoms with E-state index in [0.717, 1.165) is 6.08 Å². The number of carbonyl (C=O) groups excluding carboxylic acids is 2. The van der Waals surface area contributed by atoms with Crippen LogP contribution in [0.1, 0.15) is 14.5 Å². The lowest BCUT2D eigenvalue weighted by Gasteiger charge is -2.14. The lowest BCUT2D eigenvalue weighted by Crippen LogP contribution is -2.36. The molecular formula is C12H14N2O4S. The van der Waals surface area contributed by atoms with E-state index in [1.165, 1.54) is 36.4 Å². The third-order valence-corrected chi connectivity index (χ3v) is 3.27. The Morgan fingerprint density at radius 2 is 2.11 bits per heavy atom. The maximum Gasteiger partial charge on any atom is 0.328 e. The molecule has 19 heavy (non-hydrogen) atoms. The van der Waals surface area contributed by atoms with Crippen molar-refractivity contribution in [3.63, 3.8) is 0 Å². The molecule has 1 aromatic heterocycles. The van der Waals surface area contributed by atoms with Crippen molar-refractivity contribution >= 4 is 35.2 Å². The monoisotopic (exact) mass is 282 g/mol. The summed E-state index contributed by atoms with van der Waals surface area (Å²) in [5.41, 5.74) is 0. The Hall–Kier alpha value is -2.15. The smallest absolute Gasteiger partial charge is 0.328 e. The normalized spacial score (nSPS) is 10.4. The number of rotatable bonds is 5. The molecule has 0 spiro atoms. The molecule has 0 radical (unpaired) electrons. The van der Waals surface area contributed by atoms with Crippen LogP contribution in [0.3, 0.4) is 0 Å². The molecule has 0 aliphatic carbocycles. The summed E-state index contributed by atoms with van der Waals surface area (Å²) in [5.74, 6) is -1.57. The van der Waals surface area contributed by atoms with E-state index in [1.54, 1.807) is 12.1 Å². The zero-order valence-electron chi connectivity index (χ0n) is 10.5. The van der Waals surface area contributed by atoms with Gasteiger partial charge >= 0.3 is 5.97 Å². The quantitative estimate of drug-likeness (QED) is 0.777. The minimum Gasteiger partial charge on any atom is -0.478 e. The number of carboxylic acid groups (broad SMARTS) is 1. The summed E-state index contributed by atoms with van der Waals surface area (Å²) in [4.78, 5) is 35.9. The number of aliphatic carboxylic acids is 1. The summed E-state index contributed by atoms with van der Waals surface area (Å²) in [6.07, 6.45) is 2.43. The van der Waals surface area contributed by atoms with E-state index in [9.17, 15) is 14.4 Å². The molecule has 0 saturated carbocycles. The van der Waals surface area contributed by atoms with Crippen molar-refractivity contribution in [2.75, 3.05) is 20.6 Å². The van der Waals surface area contributed by atoms with Crippen molar-refractivity contribution in [3.8, 4) is 0 Å². The topological polar surface area (TPSA) is 86.7 Å². The molecule has 6 nitrogen and oxygen atoms in total. The fraction of sp³-hybridized carbons (Fsp3) is 0.250. The second-order valence-corrected chi connectivity index (χ2v) is 4.82. The standard InChI is InChI=1S/C12H14N2O4S/c1-13-10(15)7-14(2)12(18)9-5-3-8(19-9)4-6-11(16)17/h3-6H,7H2,1-2H3,(H,13,15)(H,16,17)/b6-4+. The summed E-state index contributed by atoms with van der Waals surface area (Å²) in [6, 6.07) is 3.26. The molecule has 0 aromatic carbocycles. The lowest BCUT2D eigenvalue weighted by molar-refractivity contribution is -0.131. The molecule has 0 saturated heterocycles. The molecule has 0 aliphatic heterocycles. The molecule has 0 fully saturated rings. The highest BCUT2D eigenvalue weighted by Crippen LogP contribution is 2.19. The van der Waals surface area contributed by atoms with Gasteiger partial charge in [-0.05, 0) is 18.2 Å². The number of likely N-dealkylation sites (N-methyl/N-ethyl adjacent to an activating group) is 2. The van der Waals surface area contributed by atoms with E-state index in [2.05, 4.69) is 5.32 Å². The Bertz CT molecular complexity index is 522. The van der Waals surface area contributed by atoms with Gasteiger partial charge < -0.3 is 15.3 Å². The number of nitrogens with zero attached hydrogens (tertiary/aromatic N) is 1. The molecule has 7 heteroatoms. The molecule has 1 aromatic rings. The maximum atomic E-state index is 12.0. The van der Waals surface area contributed by atoms with E-state index in [4.69, 9.17) is 5.11 Å². The molecule has 0 bridgehead atoms. The van der Waals surface area contributed by atoms with Crippen molar-refractivity contribution in [2.24, 2.45) is 0 Å². The Kier molecular flexibility index (Phi) is 5.25. The summed E-state index contributed by atoms with van der Waals surface area (Å²) < 4.78 is 0. The van der Waals surface area contributed by atoms with Crippen molar-refractivity contribution in [1.29, 1.82) is 0 Å². The van der Waals surface area contributed by atoms with Gasteiger partial charge in [0.2, 0.25) is 5.91 Å². The predicted octanol–water partition coefficient (Wildman–Crippen LogP) is 0.664. The van der Waals surface area contributed by atoms with E-state index >= 15 is 0 Å². The maximum absolute atomic E-state index is 12.0. The van der Waals surface area contributed by atoms with Gasteiger partial charge in [0.25, 0.3) is 5.91 Å². The van der Waals surface area contributed by atoms with E-state index in [1.807, 2.05) is 0 Å². The Morgan fingerprint density at radius 3 is 2.68 bits per heavy atom. The molecule has 102 valence electrons. The van der Waals surface area contributed by atoms with Crippen LogP contribution in [-0.4, -0.2) is 48.4 Å². The number of hydrogen-bond donors (Lipinski definition) is 2. The molecule has 2 N–H and O–H groups in total. The third kappa shape index (κ3) is 4.55. The Labute approximate surface area is 114 Å². The first kappa shape index (κ1) is 14.9. The van der Waals surface area contributed by atoms with Crippen LogP contribution in [0, 0.1) is 0 Å². The Balaban J connectivity index is 2.72. The lowest BCUT2D eigenvalue weighted by atomic mass is 10.3.